The highest BCUT2D eigenvalue weighted by Gasteiger charge is 1.97. The SMILES string of the molecule is C=C=CC(N)Cc1ccccc1. The van der Waals surface area contributed by atoms with Crippen LogP contribution in [0, 0.1) is 0 Å². The maximum absolute atomic E-state index is 5.76. The first kappa shape index (κ1) is 8.79. The number of benzene rings is 1. The molecule has 0 heterocycles. The molecular weight excluding hydrogens is 146 g/mol. The molecule has 0 aromatic heterocycles. The number of rotatable bonds is 3. The van der Waals surface area contributed by atoms with Gasteiger partial charge in [-0.2, -0.15) is 0 Å². The van der Waals surface area contributed by atoms with Crippen LogP contribution in [0.4, 0.5) is 0 Å². The Morgan fingerprint density at radius 1 is 1.42 bits per heavy atom. The molecule has 1 rings (SSSR count). The fourth-order valence-electron chi connectivity index (χ4n) is 1.10. The Balaban J connectivity index is 2.58. The van der Waals surface area contributed by atoms with Crippen LogP contribution in [0.15, 0.2) is 48.7 Å². The van der Waals surface area contributed by atoms with E-state index in [2.05, 4.69) is 24.4 Å². The van der Waals surface area contributed by atoms with Crippen molar-refractivity contribution in [3.8, 4) is 0 Å². The first-order valence-corrected chi connectivity index (χ1v) is 3.98. The van der Waals surface area contributed by atoms with Gasteiger partial charge in [0, 0.05) is 6.04 Å². The fourth-order valence-corrected chi connectivity index (χ4v) is 1.10. The van der Waals surface area contributed by atoms with Crippen molar-refractivity contribution in [2.45, 2.75) is 12.5 Å². The zero-order chi connectivity index (χ0) is 8.81. The molecule has 0 radical (unpaired) electrons. The van der Waals surface area contributed by atoms with E-state index in [1.54, 1.807) is 6.08 Å². The van der Waals surface area contributed by atoms with Gasteiger partial charge in [0.25, 0.3) is 0 Å². The van der Waals surface area contributed by atoms with E-state index in [1.807, 2.05) is 18.2 Å². The fraction of sp³-hybridized carbons (Fsp3) is 0.182. The van der Waals surface area contributed by atoms with Gasteiger partial charge >= 0.3 is 0 Å². The third-order valence-corrected chi connectivity index (χ3v) is 1.65. The molecule has 1 atom stereocenters. The van der Waals surface area contributed by atoms with Crippen LogP contribution in [0.2, 0.25) is 0 Å². The largest absolute Gasteiger partial charge is 0.324 e. The maximum atomic E-state index is 5.76. The molecule has 62 valence electrons. The van der Waals surface area contributed by atoms with Crippen LogP contribution in [0.5, 0.6) is 0 Å². The summed E-state index contributed by atoms with van der Waals surface area (Å²) in [6.07, 6.45) is 2.64. The number of nitrogens with two attached hydrogens (primary N) is 1. The topological polar surface area (TPSA) is 26.0 Å². The van der Waals surface area contributed by atoms with Gasteiger partial charge in [0.05, 0.1) is 0 Å². The van der Waals surface area contributed by atoms with Crippen LogP contribution >= 0.6 is 0 Å². The van der Waals surface area contributed by atoms with Gasteiger partial charge < -0.3 is 5.73 Å². The molecule has 1 aromatic carbocycles. The molecule has 12 heavy (non-hydrogen) atoms. The third-order valence-electron chi connectivity index (χ3n) is 1.65. The molecule has 0 saturated carbocycles. The molecule has 0 saturated heterocycles. The van der Waals surface area contributed by atoms with E-state index in [-0.39, 0.29) is 6.04 Å². The van der Waals surface area contributed by atoms with E-state index in [0.717, 1.165) is 6.42 Å². The van der Waals surface area contributed by atoms with Crippen LogP contribution in [0.1, 0.15) is 5.56 Å². The maximum Gasteiger partial charge on any atom is 0.0340 e. The average Bonchev–Trinajstić information content (AvgIpc) is 2.06. The summed E-state index contributed by atoms with van der Waals surface area (Å²) in [4.78, 5) is 0. The van der Waals surface area contributed by atoms with Crippen molar-refractivity contribution < 1.29 is 0 Å². The molecule has 0 spiro atoms. The predicted octanol–water partition coefficient (Wildman–Crippen LogP) is 1.90. The van der Waals surface area contributed by atoms with Crippen molar-refractivity contribution in [2.75, 3.05) is 0 Å². The van der Waals surface area contributed by atoms with E-state index in [1.165, 1.54) is 5.56 Å². The molecule has 0 aliphatic heterocycles. The monoisotopic (exact) mass is 159 g/mol. The lowest BCUT2D eigenvalue weighted by Gasteiger charge is -2.04. The molecule has 1 nitrogen and oxygen atoms in total. The first-order valence-electron chi connectivity index (χ1n) is 3.98. The van der Waals surface area contributed by atoms with Gasteiger partial charge in [-0.15, -0.1) is 5.73 Å². The van der Waals surface area contributed by atoms with Crippen molar-refractivity contribution in [1.82, 2.24) is 0 Å². The minimum atomic E-state index is 0.0323. The lowest BCUT2D eigenvalue weighted by molar-refractivity contribution is 0.811. The normalized spacial score (nSPS) is 11.8. The number of hydrogen-bond acceptors (Lipinski definition) is 1. The highest BCUT2D eigenvalue weighted by Crippen LogP contribution is 2.01. The van der Waals surface area contributed by atoms with Gasteiger partial charge in [-0.25, -0.2) is 0 Å². The summed E-state index contributed by atoms with van der Waals surface area (Å²) in [5.41, 5.74) is 9.69. The van der Waals surface area contributed by atoms with Gasteiger partial charge in [-0.1, -0.05) is 36.9 Å². The van der Waals surface area contributed by atoms with Crippen LogP contribution in [0.3, 0.4) is 0 Å². The highest BCUT2D eigenvalue weighted by atomic mass is 14.6. The second-order valence-corrected chi connectivity index (χ2v) is 2.72. The Labute approximate surface area is 73.2 Å². The molecule has 0 aliphatic carbocycles. The molecule has 1 heteroatoms. The zero-order valence-corrected chi connectivity index (χ0v) is 7.03. The smallest absolute Gasteiger partial charge is 0.0340 e. The molecule has 0 aliphatic rings. The minimum absolute atomic E-state index is 0.0323. The summed E-state index contributed by atoms with van der Waals surface area (Å²) in [6.45, 7) is 3.48. The molecule has 0 fully saturated rings. The average molecular weight is 159 g/mol. The summed E-state index contributed by atoms with van der Waals surface area (Å²) >= 11 is 0. The summed E-state index contributed by atoms with van der Waals surface area (Å²) in [5, 5.41) is 0. The van der Waals surface area contributed by atoms with E-state index < -0.39 is 0 Å². The van der Waals surface area contributed by atoms with E-state index in [0.29, 0.717) is 0 Å². The molecule has 1 aromatic rings. The Bertz CT molecular complexity index is 270. The summed E-state index contributed by atoms with van der Waals surface area (Å²) in [5.74, 6) is 0. The Hall–Kier alpha value is -1.30. The van der Waals surface area contributed by atoms with Crippen LogP contribution in [0.25, 0.3) is 0 Å². The standard InChI is InChI=1S/C11H13N/c1-2-6-11(12)9-10-7-4-3-5-8-10/h3-8,11H,1,9,12H2. The second-order valence-electron chi connectivity index (χ2n) is 2.72. The summed E-state index contributed by atoms with van der Waals surface area (Å²) in [6, 6.07) is 10.2. The zero-order valence-electron chi connectivity index (χ0n) is 7.03. The highest BCUT2D eigenvalue weighted by molar-refractivity contribution is 5.16. The quantitative estimate of drug-likeness (QED) is 0.670. The van der Waals surface area contributed by atoms with Crippen LogP contribution in [-0.4, -0.2) is 6.04 Å². The third kappa shape index (κ3) is 2.75. The van der Waals surface area contributed by atoms with Crippen molar-refractivity contribution in [3.63, 3.8) is 0 Å². The minimum Gasteiger partial charge on any atom is -0.324 e. The molecule has 2 N–H and O–H groups in total. The van der Waals surface area contributed by atoms with E-state index >= 15 is 0 Å². The Morgan fingerprint density at radius 2 is 2.08 bits per heavy atom. The van der Waals surface area contributed by atoms with Gasteiger partial charge in [0.2, 0.25) is 0 Å². The Kier molecular flexibility index (Phi) is 3.34. The van der Waals surface area contributed by atoms with Crippen molar-refractivity contribution >= 4 is 0 Å². The summed E-state index contributed by atoms with van der Waals surface area (Å²) in [7, 11) is 0. The molecule has 0 amide bonds. The van der Waals surface area contributed by atoms with E-state index in [9.17, 15) is 0 Å². The van der Waals surface area contributed by atoms with Gasteiger partial charge in [-0.05, 0) is 18.1 Å². The van der Waals surface area contributed by atoms with Crippen LogP contribution < -0.4 is 5.73 Å². The van der Waals surface area contributed by atoms with Gasteiger partial charge in [-0.3, -0.25) is 0 Å². The molecular formula is C11H13N. The first-order chi connectivity index (χ1) is 5.83. The number of hydrogen-bond donors (Lipinski definition) is 1. The lowest BCUT2D eigenvalue weighted by Crippen LogP contribution is -2.19. The molecule has 0 bridgehead atoms. The van der Waals surface area contributed by atoms with E-state index in [4.69, 9.17) is 5.73 Å². The van der Waals surface area contributed by atoms with Crippen LogP contribution in [-0.2, 0) is 6.42 Å². The van der Waals surface area contributed by atoms with Crippen molar-refractivity contribution in [2.24, 2.45) is 5.73 Å². The summed E-state index contributed by atoms with van der Waals surface area (Å²) < 4.78 is 0. The second kappa shape index (κ2) is 4.55. The molecule has 1 unspecified atom stereocenters. The Morgan fingerprint density at radius 3 is 2.67 bits per heavy atom. The predicted molar refractivity (Wildman–Crippen MR) is 51.8 cm³/mol. The van der Waals surface area contributed by atoms with Gasteiger partial charge in [0.15, 0.2) is 0 Å². The van der Waals surface area contributed by atoms with Crippen molar-refractivity contribution in [1.29, 1.82) is 0 Å². The van der Waals surface area contributed by atoms with Gasteiger partial charge in [0.1, 0.15) is 0 Å². The lowest BCUT2D eigenvalue weighted by atomic mass is 10.1. The van der Waals surface area contributed by atoms with Crippen molar-refractivity contribution in [3.05, 3.63) is 54.3 Å².